The Morgan fingerprint density at radius 3 is 2.72 bits per heavy atom. The van der Waals surface area contributed by atoms with E-state index in [1.54, 1.807) is 22.1 Å². The van der Waals surface area contributed by atoms with Crippen LogP contribution in [0.2, 0.25) is 4.34 Å². The molecule has 5 aromatic heterocycles. The maximum atomic E-state index is 12.8. The number of carbonyl (C=O) groups is 1. The predicted molar refractivity (Wildman–Crippen MR) is 153 cm³/mol. The second-order valence-corrected chi connectivity index (χ2v) is 11.9. The summed E-state index contributed by atoms with van der Waals surface area (Å²) in [6, 6.07) is 15.3. The molecule has 0 radical (unpaired) electrons. The maximum Gasteiger partial charge on any atom is 0.413 e. The van der Waals surface area contributed by atoms with Crippen molar-refractivity contribution in [1.29, 1.82) is 0 Å². The number of piperidine rings is 1. The zero-order valence-corrected chi connectivity index (χ0v) is 23.2. The molecule has 0 bridgehead atoms. The number of pyridine rings is 1. The zero-order chi connectivity index (χ0) is 26.6. The molecule has 200 valence electrons. The molecule has 0 atom stereocenters. The van der Waals surface area contributed by atoms with Gasteiger partial charge in [-0.15, -0.1) is 22.7 Å². The third-order valence-electron chi connectivity index (χ3n) is 6.58. The average molecular weight is 581 g/mol. The van der Waals surface area contributed by atoms with Crippen LogP contribution in [0.15, 0.2) is 70.8 Å². The number of carbonyl (C=O) groups excluding carboxylic acids is 1. The van der Waals surface area contributed by atoms with E-state index in [2.05, 4.69) is 25.5 Å². The van der Waals surface area contributed by atoms with E-state index in [1.807, 2.05) is 60.2 Å². The van der Waals surface area contributed by atoms with Crippen LogP contribution in [0, 0.1) is 5.92 Å². The first kappa shape index (κ1) is 25.6. The van der Waals surface area contributed by atoms with Crippen LogP contribution in [0.1, 0.15) is 18.5 Å². The molecule has 1 N–H and O–H groups in total. The third-order valence-corrected chi connectivity index (χ3v) is 8.72. The fraction of sp³-hybridized carbons (Fsp3) is 0.259. The molecule has 9 nitrogen and oxygen atoms in total. The number of ether oxygens (including phenoxy) is 1. The molecule has 5 aromatic rings. The number of hydrogen-bond acceptors (Lipinski definition) is 9. The van der Waals surface area contributed by atoms with Crippen LogP contribution in [-0.2, 0) is 6.54 Å². The van der Waals surface area contributed by atoms with Crippen molar-refractivity contribution in [3.05, 3.63) is 76.3 Å². The van der Waals surface area contributed by atoms with E-state index in [4.69, 9.17) is 20.9 Å². The van der Waals surface area contributed by atoms with E-state index in [9.17, 15) is 4.79 Å². The Morgan fingerprint density at radius 1 is 1.13 bits per heavy atom. The van der Waals surface area contributed by atoms with E-state index >= 15 is 0 Å². The molecule has 0 spiro atoms. The molecule has 1 saturated heterocycles. The van der Waals surface area contributed by atoms with Crippen molar-refractivity contribution in [2.75, 3.05) is 24.5 Å². The summed E-state index contributed by atoms with van der Waals surface area (Å²) in [4.78, 5) is 21.1. The SMILES string of the molecule is O=C(NCC1CCN(c2ccncc2)CC1)Oc1cc(-c2cccs2)nn1Cc1cc(-c2ccc(Cl)s2)on1. The van der Waals surface area contributed by atoms with Crippen LogP contribution in [0.4, 0.5) is 10.5 Å². The topological polar surface area (TPSA) is 98.3 Å². The Hall–Kier alpha value is -3.67. The van der Waals surface area contributed by atoms with E-state index in [0.29, 0.717) is 34.1 Å². The molecule has 0 aromatic carbocycles. The zero-order valence-electron chi connectivity index (χ0n) is 20.8. The van der Waals surface area contributed by atoms with Gasteiger partial charge in [-0.3, -0.25) is 4.98 Å². The van der Waals surface area contributed by atoms with Gasteiger partial charge >= 0.3 is 6.09 Å². The number of nitrogens with zero attached hydrogens (tertiary/aromatic N) is 5. The van der Waals surface area contributed by atoms with Crippen molar-refractivity contribution in [3.63, 3.8) is 0 Å². The lowest BCUT2D eigenvalue weighted by molar-refractivity contribution is 0.192. The first-order valence-corrected chi connectivity index (χ1v) is 14.6. The van der Waals surface area contributed by atoms with Gasteiger partial charge in [-0.1, -0.05) is 22.8 Å². The van der Waals surface area contributed by atoms with Gasteiger partial charge in [0.15, 0.2) is 5.76 Å². The van der Waals surface area contributed by atoms with Crippen molar-refractivity contribution < 1.29 is 14.1 Å². The summed E-state index contributed by atoms with van der Waals surface area (Å²) in [6.45, 7) is 2.73. The molecule has 39 heavy (non-hydrogen) atoms. The Labute approximate surface area is 238 Å². The van der Waals surface area contributed by atoms with Gasteiger partial charge in [-0.25, -0.2) is 9.48 Å². The molecule has 0 aliphatic carbocycles. The first-order chi connectivity index (χ1) is 19.1. The number of nitrogens with one attached hydrogen (secondary N) is 1. The van der Waals surface area contributed by atoms with Crippen molar-refractivity contribution >= 4 is 46.1 Å². The first-order valence-electron chi connectivity index (χ1n) is 12.5. The normalized spacial score (nSPS) is 14.0. The van der Waals surface area contributed by atoms with E-state index in [0.717, 1.165) is 41.4 Å². The highest BCUT2D eigenvalue weighted by Crippen LogP contribution is 2.32. The van der Waals surface area contributed by atoms with Crippen LogP contribution in [0.5, 0.6) is 5.88 Å². The Bertz CT molecular complexity index is 1520. The highest BCUT2D eigenvalue weighted by molar-refractivity contribution is 7.19. The van der Waals surface area contributed by atoms with Gasteiger partial charge in [0, 0.05) is 49.8 Å². The lowest BCUT2D eigenvalue weighted by Crippen LogP contribution is -2.39. The number of hydrogen-bond donors (Lipinski definition) is 1. The Morgan fingerprint density at radius 2 is 1.97 bits per heavy atom. The van der Waals surface area contributed by atoms with Gasteiger partial charge in [0.2, 0.25) is 5.88 Å². The third kappa shape index (κ3) is 6.16. The van der Waals surface area contributed by atoms with Crippen LogP contribution in [0.3, 0.4) is 0 Å². The van der Waals surface area contributed by atoms with Gasteiger partial charge < -0.3 is 19.5 Å². The van der Waals surface area contributed by atoms with Crippen LogP contribution < -0.4 is 15.0 Å². The number of anilines is 1. The number of thiophene rings is 2. The minimum absolute atomic E-state index is 0.282. The lowest BCUT2D eigenvalue weighted by Gasteiger charge is -2.33. The van der Waals surface area contributed by atoms with Crippen LogP contribution in [-0.4, -0.2) is 45.6 Å². The van der Waals surface area contributed by atoms with Crippen LogP contribution in [0.25, 0.3) is 21.2 Å². The molecule has 12 heteroatoms. The molecule has 1 amide bonds. The van der Waals surface area contributed by atoms with Gasteiger partial charge in [0.25, 0.3) is 0 Å². The van der Waals surface area contributed by atoms with Crippen molar-refractivity contribution in [2.24, 2.45) is 5.92 Å². The summed E-state index contributed by atoms with van der Waals surface area (Å²) in [7, 11) is 0. The Kier molecular flexibility index (Phi) is 7.62. The summed E-state index contributed by atoms with van der Waals surface area (Å²) < 4.78 is 13.6. The lowest BCUT2D eigenvalue weighted by atomic mass is 9.96. The largest absolute Gasteiger partial charge is 0.413 e. The number of halogens is 1. The maximum absolute atomic E-state index is 12.8. The second kappa shape index (κ2) is 11.6. The summed E-state index contributed by atoms with van der Waals surface area (Å²) in [5.41, 5.74) is 2.57. The van der Waals surface area contributed by atoms with E-state index < -0.39 is 6.09 Å². The monoisotopic (exact) mass is 580 g/mol. The van der Waals surface area contributed by atoms with Gasteiger partial charge in [-0.2, -0.15) is 5.10 Å². The summed E-state index contributed by atoms with van der Waals surface area (Å²) in [6.07, 6.45) is 5.11. The number of aromatic nitrogens is 4. The van der Waals surface area contributed by atoms with Crippen molar-refractivity contribution in [2.45, 2.75) is 19.4 Å². The predicted octanol–water partition coefficient (Wildman–Crippen LogP) is 6.43. The molecule has 0 saturated carbocycles. The van der Waals surface area contributed by atoms with Crippen molar-refractivity contribution in [1.82, 2.24) is 25.2 Å². The fourth-order valence-corrected chi connectivity index (χ4v) is 6.22. The quantitative estimate of drug-likeness (QED) is 0.226. The average Bonchev–Trinajstić information content (AvgIpc) is 3.77. The summed E-state index contributed by atoms with van der Waals surface area (Å²) >= 11 is 9.05. The van der Waals surface area contributed by atoms with Crippen molar-refractivity contribution in [3.8, 4) is 27.1 Å². The van der Waals surface area contributed by atoms with Gasteiger partial charge in [0.1, 0.15) is 11.4 Å². The van der Waals surface area contributed by atoms with E-state index in [-0.39, 0.29) is 6.54 Å². The Balaban J connectivity index is 1.09. The smallest absolute Gasteiger partial charge is 0.392 e. The number of amides is 1. The second-order valence-electron chi connectivity index (χ2n) is 9.20. The van der Waals surface area contributed by atoms with Gasteiger partial charge in [0.05, 0.1) is 20.6 Å². The number of rotatable bonds is 8. The molecule has 1 aliphatic rings. The molecule has 6 heterocycles. The molecule has 0 unspecified atom stereocenters. The fourth-order valence-electron chi connectivity index (χ4n) is 4.55. The standard InChI is InChI=1S/C27H25ClN6O3S2/c28-25-4-3-24(39-25)22-14-19(32-37-22)17-34-26(15-21(31-34)23-2-1-13-38-23)36-27(35)30-16-18-7-11-33(12-8-18)20-5-9-29-10-6-20/h1-6,9-10,13-15,18H,7-8,11-12,16-17H2,(H,30,35). The molecular weight excluding hydrogens is 556 g/mol. The molecule has 1 aliphatic heterocycles. The highest BCUT2D eigenvalue weighted by Gasteiger charge is 2.22. The minimum Gasteiger partial charge on any atom is -0.392 e. The molecular formula is C27H25ClN6O3S2. The highest BCUT2D eigenvalue weighted by atomic mass is 35.5. The van der Waals surface area contributed by atoms with Gasteiger partial charge in [-0.05, 0) is 54.5 Å². The molecule has 1 fully saturated rings. The minimum atomic E-state index is -0.500. The summed E-state index contributed by atoms with van der Waals surface area (Å²) in [5, 5.41) is 13.8. The van der Waals surface area contributed by atoms with E-state index in [1.165, 1.54) is 17.0 Å². The van der Waals surface area contributed by atoms with Crippen LogP contribution >= 0.6 is 34.3 Å². The summed E-state index contributed by atoms with van der Waals surface area (Å²) in [5.74, 6) is 1.36. The molecule has 6 rings (SSSR count).